The predicted octanol–water partition coefficient (Wildman–Crippen LogP) is 2.96. The maximum absolute atomic E-state index is 12.9. The molecule has 2 aromatic heterocycles. The lowest BCUT2D eigenvalue weighted by molar-refractivity contribution is 0.0668. The van der Waals surface area contributed by atoms with E-state index in [1.807, 2.05) is 25.2 Å². The molecule has 0 radical (unpaired) electrons. The van der Waals surface area contributed by atoms with Gasteiger partial charge in [-0.05, 0) is 5.92 Å². The molecule has 0 saturated carbocycles. The number of alkyl halides is 2. The lowest BCUT2D eigenvalue weighted by atomic mass is 10.1. The summed E-state index contributed by atoms with van der Waals surface area (Å²) in [4.78, 5) is 10.1. The van der Waals surface area contributed by atoms with Crippen LogP contribution in [-0.4, -0.2) is 44.3 Å². The van der Waals surface area contributed by atoms with Gasteiger partial charge in [0, 0.05) is 51.8 Å². The van der Waals surface area contributed by atoms with E-state index in [1.54, 1.807) is 11.7 Å². The molecule has 0 bridgehead atoms. The van der Waals surface area contributed by atoms with Crippen LogP contribution in [-0.2, 0) is 20.1 Å². The van der Waals surface area contributed by atoms with E-state index in [4.69, 9.17) is 0 Å². The average Bonchev–Trinajstić information content (AvgIpc) is 3.14. The fraction of sp³-hybridized carbons (Fsp3) is 0.562. The second-order valence-corrected chi connectivity index (χ2v) is 6.15. The second-order valence-electron chi connectivity index (χ2n) is 6.15. The number of guanidine groups is 1. The summed E-state index contributed by atoms with van der Waals surface area (Å²) < 4.78 is 28.4. The van der Waals surface area contributed by atoms with Crippen molar-refractivity contribution in [3.63, 3.8) is 0 Å². The molecule has 0 aliphatic carbocycles. The van der Waals surface area contributed by atoms with Crippen molar-refractivity contribution in [2.45, 2.75) is 39.4 Å². The zero-order valence-corrected chi connectivity index (χ0v) is 18.0. The van der Waals surface area contributed by atoms with E-state index in [0.29, 0.717) is 18.4 Å². The molecule has 7 nitrogen and oxygen atoms in total. The Bertz CT molecular complexity index is 724. The van der Waals surface area contributed by atoms with Crippen LogP contribution in [0.1, 0.15) is 43.4 Å². The van der Waals surface area contributed by atoms with E-state index in [1.165, 1.54) is 12.4 Å². The number of hydrogen-bond acceptors (Lipinski definition) is 3. The van der Waals surface area contributed by atoms with Crippen LogP contribution in [0.5, 0.6) is 0 Å². The molecule has 26 heavy (non-hydrogen) atoms. The molecule has 0 spiro atoms. The minimum Gasteiger partial charge on any atom is -0.349 e. The molecule has 146 valence electrons. The fourth-order valence-corrected chi connectivity index (χ4v) is 2.69. The van der Waals surface area contributed by atoms with Gasteiger partial charge in [-0.1, -0.05) is 13.8 Å². The molecule has 1 N–H and O–H groups in total. The first-order valence-corrected chi connectivity index (χ1v) is 8.07. The summed E-state index contributed by atoms with van der Waals surface area (Å²) in [5.41, 5.74) is 2.15. The van der Waals surface area contributed by atoms with Crippen LogP contribution in [0.3, 0.4) is 0 Å². The van der Waals surface area contributed by atoms with Gasteiger partial charge in [0.05, 0.1) is 12.2 Å². The summed E-state index contributed by atoms with van der Waals surface area (Å²) in [6, 6.07) is 0. The summed E-state index contributed by atoms with van der Waals surface area (Å²) in [5.74, 6) is 1.18. The van der Waals surface area contributed by atoms with Crippen LogP contribution < -0.4 is 5.32 Å². The Morgan fingerprint density at radius 1 is 1.38 bits per heavy atom. The van der Waals surface area contributed by atoms with E-state index in [9.17, 15) is 8.78 Å². The van der Waals surface area contributed by atoms with Gasteiger partial charge in [0.15, 0.2) is 5.96 Å². The third-order valence-corrected chi connectivity index (χ3v) is 3.83. The molecule has 2 rings (SSSR count). The summed E-state index contributed by atoms with van der Waals surface area (Å²) in [6.07, 6.45) is 4.61. The van der Waals surface area contributed by atoms with E-state index in [2.05, 4.69) is 34.2 Å². The first-order chi connectivity index (χ1) is 11.8. The first kappa shape index (κ1) is 22.3. The Labute approximate surface area is 169 Å². The van der Waals surface area contributed by atoms with E-state index < -0.39 is 6.55 Å². The second kappa shape index (κ2) is 9.83. The van der Waals surface area contributed by atoms with Gasteiger partial charge in [-0.15, -0.1) is 24.0 Å². The Kier molecular flexibility index (Phi) is 8.44. The number of halogens is 3. The van der Waals surface area contributed by atoms with Gasteiger partial charge in [-0.25, -0.2) is 4.98 Å². The highest BCUT2D eigenvalue weighted by molar-refractivity contribution is 14.0. The van der Waals surface area contributed by atoms with Crippen molar-refractivity contribution in [2.75, 3.05) is 14.1 Å². The van der Waals surface area contributed by atoms with E-state index >= 15 is 0 Å². The smallest absolute Gasteiger partial charge is 0.319 e. The Balaban J connectivity index is 0.00000338. The molecule has 0 unspecified atom stereocenters. The number of aromatic nitrogens is 4. The molecule has 0 aromatic carbocycles. The summed E-state index contributed by atoms with van der Waals surface area (Å²) in [6.45, 7) is 2.37. The quantitative estimate of drug-likeness (QED) is 0.392. The summed E-state index contributed by atoms with van der Waals surface area (Å²) in [7, 11) is 5.45. The zero-order chi connectivity index (χ0) is 18.6. The Hall–Kier alpha value is -1.72. The fourth-order valence-electron chi connectivity index (χ4n) is 2.69. The van der Waals surface area contributed by atoms with Crippen LogP contribution in [0.4, 0.5) is 8.78 Å². The van der Waals surface area contributed by atoms with Gasteiger partial charge < -0.3 is 10.2 Å². The first-order valence-electron chi connectivity index (χ1n) is 8.07. The maximum Gasteiger partial charge on any atom is 0.319 e. The van der Waals surface area contributed by atoms with Crippen LogP contribution in [0.15, 0.2) is 23.6 Å². The standard InChI is InChI=1S/C16H25F2N7.HI/c1-11(2)14-12(10-24(5)22-14)9-23(4)16(19-3)21-8-13-20-6-7-25(13)15(17)18;/h6-7,10-11,15H,8-9H2,1-5H3,(H,19,21);1H. The van der Waals surface area contributed by atoms with Gasteiger partial charge >= 0.3 is 6.55 Å². The highest BCUT2D eigenvalue weighted by atomic mass is 127. The number of nitrogens with zero attached hydrogens (tertiary/aromatic N) is 6. The Morgan fingerprint density at radius 3 is 2.65 bits per heavy atom. The molecular formula is C16H26F2IN7. The number of nitrogens with one attached hydrogen (secondary N) is 1. The van der Waals surface area contributed by atoms with Gasteiger partial charge in [0.1, 0.15) is 5.82 Å². The van der Waals surface area contributed by atoms with Crippen molar-refractivity contribution in [3.05, 3.63) is 35.7 Å². The zero-order valence-electron chi connectivity index (χ0n) is 15.6. The highest BCUT2D eigenvalue weighted by Crippen LogP contribution is 2.18. The number of aliphatic imine (C=N–C) groups is 1. The SMILES string of the molecule is CN=C(NCc1nccn1C(F)F)N(C)Cc1cn(C)nc1C(C)C.I. The van der Waals surface area contributed by atoms with Gasteiger partial charge in [0.25, 0.3) is 0 Å². The Morgan fingerprint density at radius 2 is 2.08 bits per heavy atom. The van der Waals surface area contributed by atoms with Gasteiger partial charge in [-0.3, -0.25) is 14.2 Å². The monoisotopic (exact) mass is 481 g/mol. The molecule has 0 atom stereocenters. The van der Waals surface area contributed by atoms with Crippen molar-refractivity contribution in [3.8, 4) is 0 Å². The van der Waals surface area contributed by atoms with Crippen LogP contribution in [0.2, 0.25) is 0 Å². The van der Waals surface area contributed by atoms with Crippen molar-refractivity contribution in [2.24, 2.45) is 12.0 Å². The third kappa shape index (κ3) is 5.39. The van der Waals surface area contributed by atoms with Crippen LogP contribution in [0.25, 0.3) is 0 Å². The van der Waals surface area contributed by atoms with E-state index in [0.717, 1.165) is 15.8 Å². The average molecular weight is 481 g/mol. The lowest BCUT2D eigenvalue weighted by Gasteiger charge is -2.22. The number of hydrogen-bond donors (Lipinski definition) is 1. The molecule has 0 fully saturated rings. The van der Waals surface area contributed by atoms with Crippen molar-refractivity contribution in [1.82, 2.24) is 29.5 Å². The topological polar surface area (TPSA) is 63.3 Å². The summed E-state index contributed by atoms with van der Waals surface area (Å²) in [5, 5.41) is 7.57. The third-order valence-electron chi connectivity index (χ3n) is 3.83. The van der Waals surface area contributed by atoms with Crippen molar-refractivity contribution in [1.29, 1.82) is 0 Å². The molecule has 0 aliphatic heterocycles. The molecule has 2 heterocycles. The van der Waals surface area contributed by atoms with Crippen molar-refractivity contribution >= 4 is 29.9 Å². The molecule has 2 aromatic rings. The predicted molar refractivity (Wildman–Crippen MR) is 108 cm³/mol. The van der Waals surface area contributed by atoms with Crippen LogP contribution >= 0.6 is 24.0 Å². The minimum atomic E-state index is -2.61. The number of rotatable bonds is 6. The minimum absolute atomic E-state index is 0. The van der Waals surface area contributed by atoms with Crippen LogP contribution in [0, 0.1) is 0 Å². The molecule has 0 amide bonds. The molecular weight excluding hydrogens is 455 g/mol. The normalized spacial score (nSPS) is 11.8. The van der Waals surface area contributed by atoms with Crippen molar-refractivity contribution < 1.29 is 8.78 Å². The molecule has 10 heteroatoms. The van der Waals surface area contributed by atoms with Gasteiger partial charge in [-0.2, -0.15) is 13.9 Å². The van der Waals surface area contributed by atoms with Gasteiger partial charge in [0.2, 0.25) is 0 Å². The van der Waals surface area contributed by atoms with E-state index in [-0.39, 0.29) is 36.3 Å². The molecule has 0 aliphatic rings. The maximum atomic E-state index is 12.9. The molecule has 0 saturated heterocycles. The largest absolute Gasteiger partial charge is 0.349 e. The summed E-state index contributed by atoms with van der Waals surface area (Å²) >= 11 is 0. The highest BCUT2D eigenvalue weighted by Gasteiger charge is 2.16. The lowest BCUT2D eigenvalue weighted by Crippen LogP contribution is -2.38. The number of imidazole rings is 1. The number of aryl methyl sites for hydroxylation is 1.